The smallest absolute Gasteiger partial charge is 0.246 e. The topological polar surface area (TPSA) is 106 Å². The zero-order valence-corrected chi connectivity index (χ0v) is 11.3. The number of nitrogens with two attached hydrogens (primary N) is 1. The summed E-state index contributed by atoms with van der Waals surface area (Å²) >= 11 is 5.88. The monoisotopic (exact) mass is 295 g/mol. The number of halogens is 1. The number of primary amides is 1. The van der Waals surface area contributed by atoms with Gasteiger partial charge in [-0.1, -0.05) is 22.9 Å². The number of aliphatic hydroxyl groups is 1. The Morgan fingerprint density at radius 2 is 2.35 bits per heavy atom. The minimum Gasteiger partial charge on any atom is -0.394 e. The van der Waals surface area contributed by atoms with Crippen molar-refractivity contribution < 1.29 is 9.90 Å². The van der Waals surface area contributed by atoms with E-state index in [-0.39, 0.29) is 6.61 Å². The summed E-state index contributed by atoms with van der Waals surface area (Å²) in [7, 11) is 0. The highest BCUT2D eigenvalue weighted by molar-refractivity contribution is 6.30. The van der Waals surface area contributed by atoms with Gasteiger partial charge in [-0.05, 0) is 18.2 Å². The van der Waals surface area contributed by atoms with E-state index < -0.39 is 11.9 Å². The standard InChI is InChI=1S/C12H14ClN5O2/c13-8-2-1-3-9(6-8)15-11(12(14)20)10-7-18(4-5-19)17-16-10/h1-3,6-7,11,15,19H,4-5H2,(H2,14,20). The second-order valence-electron chi connectivity index (χ2n) is 4.12. The maximum Gasteiger partial charge on any atom is 0.246 e. The Labute approximate surface area is 120 Å². The molecule has 4 N–H and O–H groups in total. The number of hydrogen-bond acceptors (Lipinski definition) is 5. The van der Waals surface area contributed by atoms with E-state index in [4.69, 9.17) is 22.4 Å². The predicted octanol–water partition coefficient (Wildman–Crippen LogP) is 0.562. The largest absolute Gasteiger partial charge is 0.394 e. The highest BCUT2D eigenvalue weighted by Gasteiger charge is 2.21. The summed E-state index contributed by atoms with van der Waals surface area (Å²) in [4.78, 5) is 11.6. The van der Waals surface area contributed by atoms with Gasteiger partial charge in [0.05, 0.1) is 19.3 Å². The van der Waals surface area contributed by atoms with Crippen LogP contribution in [0, 0.1) is 0 Å². The molecule has 20 heavy (non-hydrogen) atoms. The molecule has 0 fully saturated rings. The van der Waals surface area contributed by atoms with Crippen molar-refractivity contribution in [1.29, 1.82) is 0 Å². The molecule has 0 aliphatic rings. The van der Waals surface area contributed by atoms with E-state index in [2.05, 4.69) is 15.6 Å². The van der Waals surface area contributed by atoms with Crippen molar-refractivity contribution in [1.82, 2.24) is 15.0 Å². The molecule has 0 aliphatic carbocycles. The molecule has 1 heterocycles. The predicted molar refractivity (Wildman–Crippen MR) is 74.1 cm³/mol. The number of benzene rings is 1. The van der Waals surface area contributed by atoms with Gasteiger partial charge in [0, 0.05) is 10.7 Å². The molecule has 7 nitrogen and oxygen atoms in total. The Bertz CT molecular complexity index is 601. The first kappa shape index (κ1) is 14.3. The van der Waals surface area contributed by atoms with E-state index in [0.717, 1.165) is 0 Å². The molecule has 2 rings (SSSR count). The molecule has 2 aromatic rings. The van der Waals surface area contributed by atoms with Crippen LogP contribution in [0.5, 0.6) is 0 Å². The van der Waals surface area contributed by atoms with Crippen LogP contribution in [0.15, 0.2) is 30.5 Å². The summed E-state index contributed by atoms with van der Waals surface area (Å²) in [5.74, 6) is -0.582. The summed E-state index contributed by atoms with van der Waals surface area (Å²) in [5.41, 5.74) is 6.41. The molecule has 1 atom stereocenters. The van der Waals surface area contributed by atoms with Crippen molar-refractivity contribution in [3.05, 3.63) is 41.2 Å². The molecule has 0 bridgehead atoms. The van der Waals surface area contributed by atoms with Crippen molar-refractivity contribution in [2.75, 3.05) is 11.9 Å². The molecule has 1 aromatic carbocycles. The Morgan fingerprint density at radius 1 is 1.55 bits per heavy atom. The summed E-state index contributed by atoms with van der Waals surface area (Å²) in [6.45, 7) is 0.238. The fraction of sp³-hybridized carbons (Fsp3) is 0.250. The number of nitrogens with one attached hydrogen (secondary N) is 1. The van der Waals surface area contributed by atoms with E-state index >= 15 is 0 Å². The number of nitrogens with zero attached hydrogens (tertiary/aromatic N) is 3. The zero-order chi connectivity index (χ0) is 14.5. The first-order chi connectivity index (χ1) is 9.60. The molecule has 0 saturated carbocycles. The van der Waals surface area contributed by atoms with Crippen LogP contribution in [0.2, 0.25) is 5.02 Å². The van der Waals surface area contributed by atoms with Gasteiger partial charge < -0.3 is 16.2 Å². The minimum absolute atomic E-state index is 0.0637. The lowest BCUT2D eigenvalue weighted by Gasteiger charge is -2.14. The van der Waals surface area contributed by atoms with Crippen LogP contribution in [0.3, 0.4) is 0 Å². The summed E-state index contributed by atoms with van der Waals surface area (Å²) in [6, 6.07) is 6.10. The van der Waals surface area contributed by atoms with Crippen LogP contribution in [0.25, 0.3) is 0 Å². The number of carbonyl (C=O) groups excluding carboxylic acids is 1. The van der Waals surface area contributed by atoms with Crippen LogP contribution in [-0.4, -0.2) is 32.6 Å². The lowest BCUT2D eigenvalue weighted by molar-refractivity contribution is -0.118. The normalized spacial score (nSPS) is 12.1. The highest BCUT2D eigenvalue weighted by Crippen LogP contribution is 2.20. The van der Waals surface area contributed by atoms with Gasteiger partial charge in [-0.2, -0.15) is 0 Å². The number of aromatic nitrogens is 3. The molecule has 0 radical (unpaired) electrons. The molecule has 0 saturated heterocycles. The van der Waals surface area contributed by atoms with Gasteiger partial charge in [-0.3, -0.25) is 4.79 Å². The van der Waals surface area contributed by atoms with E-state index in [1.807, 2.05) is 0 Å². The molecule has 1 aromatic heterocycles. The Morgan fingerprint density at radius 3 is 3.00 bits per heavy atom. The maximum absolute atomic E-state index is 11.6. The minimum atomic E-state index is -0.819. The molecule has 106 valence electrons. The van der Waals surface area contributed by atoms with E-state index in [1.165, 1.54) is 4.68 Å². The van der Waals surface area contributed by atoms with Crippen molar-refractivity contribution in [3.63, 3.8) is 0 Å². The number of aliphatic hydroxyl groups excluding tert-OH is 1. The first-order valence-electron chi connectivity index (χ1n) is 5.92. The summed E-state index contributed by atoms with van der Waals surface area (Å²) in [6.07, 6.45) is 1.56. The number of hydrogen-bond donors (Lipinski definition) is 3. The van der Waals surface area contributed by atoms with Crippen LogP contribution >= 0.6 is 11.6 Å². The Balaban J connectivity index is 2.20. The maximum atomic E-state index is 11.6. The van der Waals surface area contributed by atoms with Crippen LogP contribution in [-0.2, 0) is 11.3 Å². The van der Waals surface area contributed by atoms with Crippen LogP contribution < -0.4 is 11.1 Å². The SMILES string of the molecule is NC(=O)C(Nc1cccc(Cl)c1)c1cn(CCO)nn1. The molecule has 0 spiro atoms. The van der Waals surface area contributed by atoms with Gasteiger partial charge in [-0.25, -0.2) is 4.68 Å². The lowest BCUT2D eigenvalue weighted by atomic mass is 10.2. The molecule has 1 unspecified atom stereocenters. The average Bonchev–Trinajstić information content (AvgIpc) is 2.84. The van der Waals surface area contributed by atoms with Gasteiger partial charge in [-0.15, -0.1) is 5.10 Å². The fourth-order valence-electron chi connectivity index (χ4n) is 1.69. The number of carbonyl (C=O) groups is 1. The van der Waals surface area contributed by atoms with Gasteiger partial charge >= 0.3 is 0 Å². The van der Waals surface area contributed by atoms with E-state index in [0.29, 0.717) is 22.9 Å². The third-order valence-electron chi connectivity index (χ3n) is 2.60. The fourth-order valence-corrected chi connectivity index (χ4v) is 1.88. The van der Waals surface area contributed by atoms with Crippen molar-refractivity contribution >= 4 is 23.2 Å². The second kappa shape index (κ2) is 6.36. The number of amides is 1. The van der Waals surface area contributed by atoms with Gasteiger partial charge in [0.25, 0.3) is 0 Å². The second-order valence-corrected chi connectivity index (χ2v) is 4.56. The number of rotatable bonds is 6. The zero-order valence-electron chi connectivity index (χ0n) is 10.5. The van der Waals surface area contributed by atoms with Crippen molar-refractivity contribution in [2.24, 2.45) is 5.73 Å². The molecular weight excluding hydrogens is 282 g/mol. The van der Waals surface area contributed by atoms with Gasteiger partial charge in [0.1, 0.15) is 5.69 Å². The molecular formula is C12H14ClN5O2. The highest BCUT2D eigenvalue weighted by atomic mass is 35.5. The van der Waals surface area contributed by atoms with E-state index in [9.17, 15) is 4.79 Å². The molecule has 0 aliphatic heterocycles. The van der Waals surface area contributed by atoms with Gasteiger partial charge in [0.15, 0.2) is 6.04 Å². The quantitative estimate of drug-likeness (QED) is 0.722. The first-order valence-corrected chi connectivity index (χ1v) is 6.30. The third-order valence-corrected chi connectivity index (χ3v) is 2.84. The lowest BCUT2D eigenvalue weighted by Crippen LogP contribution is -2.28. The molecule has 8 heteroatoms. The van der Waals surface area contributed by atoms with Gasteiger partial charge in [0.2, 0.25) is 5.91 Å². The molecule has 1 amide bonds. The van der Waals surface area contributed by atoms with Crippen molar-refractivity contribution in [2.45, 2.75) is 12.6 Å². The van der Waals surface area contributed by atoms with Crippen LogP contribution in [0.4, 0.5) is 5.69 Å². The third kappa shape index (κ3) is 3.46. The Kier molecular flexibility index (Phi) is 4.54. The van der Waals surface area contributed by atoms with E-state index in [1.54, 1.807) is 30.5 Å². The van der Waals surface area contributed by atoms with Crippen molar-refractivity contribution in [3.8, 4) is 0 Å². The number of anilines is 1. The van der Waals surface area contributed by atoms with Crippen LogP contribution in [0.1, 0.15) is 11.7 Å². The Hall–Kier alpha value is -2.12. The summed E-state index contributed by atoms with van der Waals surface area (Å²) in [5, 5.41) is 20.0. The average molecular weight is 296 g/mol. The summed E-state index contributed by atoms with van der Waals surface area (Å²) < 4.78 is 1.44.